The maximum Gasteiger partial charge on any atom is 0.314 e. The SMILES string of the molecule is CC(C)[C@H](C(=O)OCC(=O)NC(=O)c1cccs1)c1ccc(Cl)cc1. The minimum atomic E-state index is -0.662. The zero-order valence-electron chi connectivity index (χ0n) is 13.8. The highest BCUT2D eigenvalue weighted by Crippen LogP contribution is 2.27. The van der Waals surface area contributed by atoms with Gasteiger partial charge < -0.3 is 4.74 Å². The molecule has 132 valence electrons. The van der Waals surface area contributed by atoms with Crippen molar-refractivity contribution in [3.8, 4) is 0 Å². The third-order valence-corrected chi connectivity index (χ3v) is 4.61. The van der Waals surface area contributed by atoms with E-state index in [0.29, 0.717) is 9.90 Å². The molecule has 0 aliphatic rings. The molecular formula is C18H18ClNO4S. The second-order valence-electron chi connectivity index (χ2n) is 5.74. The topological polar surface area (TPSA) is 72.5 Å². The van der Waals surface area contributed by atoms with E-state index in [4.69, 9.17) is 16.3 Å². The number of hydrogen-bond donors (Lipinski definition) is 1. The van der Waals surface area contributed by atoms with Crippen molar-refractivity contribution in [2.45, 2.75) is 19.8 Å². The number of amides is 2. The zero-order chi connectivity index (χ0) is 18.4. The van der Waals surface area contributed by atoms with Crippen molar-refractivity contribution < 1.29 is 19.1 Å². The molecule has 1 aromatic heterocycles. The van der Waals surface area contributed by atoms with Gasteiger partial charge in [0.25, 0.3) is 11.8 Å². The van der Waals surface area contributed by atoms with E-state index in [2.05, 4.69) is 5.32 Å². The highest BCUT2D eigenvalue weighted by Gasteiger charge is 2.26. The van der Waals surface area contributed by atoms with Crippen LogP contribution in [-0.4, -0.2) is 24.4 Å². The number of benzene rings is 1. The average Bonchev–Trinajstić information content (AvgIpc) is 3.09. The predicted octanol–water partition coefficient (Wildman–Crippen LogP) is 3.64. The number of esters is 1. The molecule has 7 heteroatoms. The van der Waals surface area contributed by atoms with E-state index < -0.39 is 30.3 Å². The summed E-state index contributed by atoms with van der Waals surface area (Å²) in [4.78, 5) is 36.4. The Kier molecular flexibility index (Phi) is 6.73. The number of rotatable bonds is 6. The fraction of sp³-hybridized carbons (Fsp3) is 0.278. The Morgan fingerprint density at radius 3 is 2.40 bits per heavy atom. The zero-order valence-corrected chi connectivity index (χ0v) is 15.4. The first-order valence-electron chi connectivity index (χ1n) is 7.68. The van der Waals surface area contributed by atoms with Crippen LogP contribution in [0.3, 0.4) is 0 Å². The van der Waals surface area contributed by atoms with E-state index in [1.807, 2.05) is 13.8 Å². The lowest BCUT2D eigenvalue weighted by Crippen LogP contribution is -2.34. The summed E-state index contributed by atoms with van der Waals surface area (Å²) >= 11 is 7.09. The maximum absolute atomic E-state index is 12.4. The number of carbonyl (C=O) groups excluding carboxylic acids is 3. The molecular weight excluding hydrogens is 362 g/mol. The van der Waals surface area contributed by atoms with Crippen LogP contribution in [0.4, 0.5) is 0 Å². The summed E-state index contributed by atoms with van der Waals surface area (Å²) in [6.45, 7) is 3.27. The standard InChI is InChI=1S/C18H18ClNO4S/c1-11(2)16(12-5-7-13(19)8-6-12)18(23)24-10-15(21)20-17(22)14-4-3-9-25-14/h3-9,11,16H,10H2,1-2H3,(H,20,21,22)/t16-/m0/s1. The number of imide groups is 1. The Bertz CT molecular complexity index is 741. The van der Waals surface area contributed by atoms with Crippen molar-refractivity contribution in [1.82, 2.24) is 5.32 Å². The number of carbonyl (C=O) groups is 3. The smallest absolute Gasteiger partial charge is 0.314 e. The van der Waals surface area contributed by atoms with Gasteiger partial charge in [-0.15, -0.1) is 11.3 Å². The van der Waals surface area contributed by atoms with Crippen LogP contribution in [0.1, 0.15) is 35.0 Å². The van der Waals surface area contributed by atoms with Crippen molar-refractivity contribution >= 4 is 40.7 Å². The Morgan fingerprint density at radius 2 is 1.84 bits per heavy atom. The molecule has 0 fully saturated rings. The van der Waals surface area contributed by atoms with Crippen molar-refractivity contribution in [3.63, 3.8) is 0 Å². The van der Waals surface area contributed by atoms with Gasteiger partial charge in [-0.1, -0.05) is 43.6 Å². The molecule has 0 bridgehead atoms. The van der Waals surface area contributed by atoms with Gasteiger partial charge in [0.15, 0.2) is 6.61 Å². The number of nitrogens with one attached hydrogen (secondary N) is 1. The normalized spacial score (nSPS) is 11.8. The van der Waals surface area contributed by atoms with E-state index >= 15 is 0 Å². The molecule has 0 spiro atoms. The van der Waals surface area contributed by atoms with Gasteiger partial charge in [-0.2, -0.15) is 0 Å². The van der Waals surface area contributed by atoms with E-state index in [1.165, 1.54) is 11.3 Å². The molecule has 0 saturated heterocycles. The van der Waals surface area contributed by atoms with Gasteiger partial charge >= 0.3 is 5.97 Å². The van der Waals surface area contributed by atoms with Crippen LogP contribution in [0, 0.1) is 5.92 Å². The number of hydrogen-bond acceptors (Lipinski definition) is 5. The molecule has 2 amide bonds. The van der Waals surface area contributed by atoms with Gasteiger partial charge in [-0.25, -0.2) is 0 Å². The number of halogens is 1. The quantitative estimate of drug-likeness (QED) is 0.778. The molecule has 0 unspecified atom stereocenters. The van der Waals surface area contributed by atoms with Gasteiger partial charge in [0.1, 0.15) is 0 Å². The molecule has 2 aromatic rings. The summed E-state index contributed by atoms with van der Waals surface area (Å²) < 4.78 is 5.10. The van der Waals surface area contributed by atoms with Crippen LogP contribution < -0.4 is 5.32 Å². The molecule has 1 atom stereocenters. The van der Waals surface area contributed by atoms with Gasteiger partial charge in [0.2, 0.25) is 0 Å². The molecule has 2 rings (SSSR count). The van der Waals surface area contributed by atoms with Crippen LogP contribution in [0.25, 0.3) is 0 Å². The lowest BCUT2D eigenvalue weighted by molar-refractivity contribution is -0.150. The summed E-state index contributed by atoms with van der Waals surface area (Å²) in [5.74, 6) is -2.22. The third-order valence-electron chi connectivity index (χ3n) is 3.49. The second kappa shape index (κ2) is 8.78. The second-order valence-corrected chi connectivity index (χ2v) is 7.12. The van der Waals surface area contributed by atoms with Crippen LogP contribution in [0.5, 0.6) is 0 Å². The molecule has 25 heavy (non-hydrogen) atoms. The lowest BCUT2D eigenvalue weighted by atomic mass is 9.88. The molecule has 0 saturated carbocycles. The number of thiophene rings is 1. The van der Waals surface area contributed by atoms with Crippen LogP contribution >= 0.6 is 22.9 Å². The van der Waals surface area contributed by atoms with E-state index in [9.17, 15) is 14.4 Å². The molecule has 1 aromatic carbocycles. The Labute approximate surface area is 154 Å². The van der Waals surface area contributed by atoms with Crippen molar-refractivity contribution in [1.29, 1.82) is 0 Å². The highest BCUT2D eigenvalue weighted by molar-refractivity contribution is 7.12. The lowest BCUT2D eigenvalue weighted by Gasteiger charge is -2.19. The van der Waals surface area contributed by atoms with Crippen LogP contribution in [-0.2, 0) is 14.3 Å². The summed E-state index contributed by atoms with van der Waals surface area (Å²) in [5, 5.41) is 4.50. The predicted molar refractivity (Wildman–Crippen MR) is 96.8 cm³/mol. The van der Waals surface area contributed by atoms with Crippen LogP contribution in [0.15, 0.2) is 41.8 Å². The monoisotopic (exact) mass is 379 g/mol. The van der Waals surface area contributed by atoms with E-state index in [0.717, 1.165) is 5.56 Å². The first-order valence-corrected chi connectivity index (χ1v) is 8.94. The molecule has 5 nitrogen and oxygen atoms in total. The van der Waals surface area contributed by atoms with Crippen LogP contribution in [0.2, 0.25) is 5.02 Å². The first-order chi connectivity index (χ1) is 11.9. The third kappa shape index (κ3) is 5.41. The molecule has 1 N–H and O–H groups in total. The summed E-state index contributed by atoms with van der Waals surface area (Å²) in [6, 6.07) is 10.2. The molecule has 0 aliphatic heterocycles. The molecule has 0 radical (unpaired) electrons. The van der Waals surface area contributed by atoms with Gasteiger partial charge in [-0.3, -0.25) is 19.7 Å². The van der Waals surface area contributed by atoms with E-state index in [-0.39, 0.29) is 5.92 Å². The number of ether oxygens (including phenoxy) is 1. The van der Waals surface area contributed by atoms with Crippen molar-refractivity contribution in [3.05, 3.63) is 57.2 Å². The van der Waals surface area contributed by atoms with Gasteiger partial charge in [0, 0.05) is 5.02 Å². The average molecular weight is 380 g/mol. The Hall–Kier alpha value is -2.18. The van der Waals surface area contributed by atoms with Crippen molar-refractivity contribution in [2.75, 3.05) is 6.61 Å². The Morgan fingerprint density at radius 1 is 1.16 bits per heavy atom. The summed E-state index contributed by atoms with van der Waals surface area (Å²) in [6.07, 6.45) is 0. The summed E-state index contributed by atoms with van der Waals surface area (Å²) in [7, 11) is 0. The largest absolute Gasteiger partial charge is 0.455 e. The Balaban J connectivity index is 1.93. The van der Waals surface area contributed by atoms with Gasteiger partial charge in [-0.05, 0) is 35.1 Å². The molecule has 0 aliphatic carbocycles. The fourth-order valence-electron chi connectivity index (χ4n) is 2.32. The van der Waals surface area contributed by atoms with Crippen molar-refractivity contribution in [2.24, 2.45) is 5.92 Å². The minimum absolute atomic E-state index is 0.0236. The maximum atomic E-state index is 12.4. The first kappa shape index (κ1) is 19.1. The molecule has 1 heterocycles. The van der Waals surface area contributed by atoms with E-state index in [1.54, 1.807) is 41.8 Å². The summed E-state index contributed by atoms with van der Waals surface area (Å²) in [5.41, 5.74) is 0.763. The van der Waals surface area contributed by atoms with Gasteiger partial charge in [0.05, 0.1) is 10.8 Å². The fourth-order valence-corrected chi connectivity index (χ4v) is 3.07. The minimum Gasteiger partial charge on any atom is -0.455 e. The highest BCUT2D eigenvalue weighted by atomic mass is 35.5.